The standard InChI is InChI=1S/C23H32N/c1-15(2)17-9-10-21(24(8)13-17)18-12-20-19(11-16(18)3)22(4,5)14-23(20,6)7/h9-13,15H,14H2,1-8H3/q+1. The maximum absolute atomic E-state index is 2.46. The molecular formula is C23H32N+. The molecule has 2 aromatic rings. The third kappa shape index (κ3) is 2.68. The SMILES string of the molecule is Cc1cc2c(cc1-c1ccc(C(C)C)c[n+]1C)C(C)(C)CC2(C)C. The third-order valence-corrected chi connectivity index (χ3v) is 5.81. The maximum atomic E-state index is 2.46. The second-order valence-electron chi connectivity index (χ2n) is 9.27. The molecule has 0 bridgehead atoms. The van der Waals surface area contributed by atoms with Crippen LogP contribution in [0.4, 0.5) is 0 Å². The van der Waals surface area contributed by atoms with Crippen LogP contribution < -0.4 is 4.57 Å². The summed E-state index contributed by atoms with van der Waals surface area (Å²) >= 11 is 0. The van der Waals surface area contributed by atoms with Crippen molar-refractivity contribution in [3.63, 3.8) is 0 Å². The van der Waals surface area contributed by atoms with Gasteiger partial charge in [0.25, 0.3) is 0 Å². The van der Waals surface area contributed by atoms with E-state index in [0.29, 0.717) is 5.92 Å². The van der Waals surface area contributed by atoms with Crippen molar-refractivity contribution in [2.75, 3.05) is 0 Å². The Labute approximate surface area is 147 Å². The van der Waals surface area contributed by atoms with Gasteiger partial charge in [0.1, 0.15) is 7.05 Å². The van der Waals surface area contributed by atoms with Gasteiger partial charge in [-0.05, 0) is 58.9 Å². The van der Waals surface area contributed by atoms with Gasteiger partial charge >= 0.3 is 0 Å². The predicted octanol–water partition coefficient (Wildman–Crippen LogP) is 5.57. The molecule has 0 spiro atoms. The molecule has 24 heavy (non-hydrogen) atoms. The van der Waals surface area contributed by atoms with Gasteiger partial charge in [0.2, 0.25) is 5.69 Å². The smallest absolute Gasteiger partial charge is 0.201 e. The van der Waals surface area contributed by atoms with Crippen LogP contribution in [0.5, 0.6) is 0 Å². The highest BCUT2D eigenvalue weighted by Gasteiger charge is 2.42. The van der Waals surface area contributed by atoms with Crippen LogP contribution in [0.1, 0.15) is 76.1 Å². The quantitative estimate of drug-likeness (QED) is 0.636. The van der Waals surface area contributed by atoms with Crippen LogP contribution in [0.25, 0.3) is 11.3 Å². The van der Waals surface area contributed by atoms with Crippen LogP contribution in [-0.2, 0) is 17.9 Å². The Bertz CT molecular complexity index is 794. The van der Waals surface area contributed by atoms with Crippen molar-refractivity contribution in [1.82, 2.24) is 0 Å². The van der Waals surface area contributed by atoms with Gasteiger partial charge in [-0.25, -0.2) is 4.57 Å². The van der Waals surface area contributed by atoms with E-state index >= 15 is 0 Å². The highest BCUT2D eigenvalue weighted by Crippen LogP contribution is 2.50. The molecular weight excluding hydrogens is 290 g/mol. The number of hydrogen-bond donors (Lipinski definition) is 0. The normalized spacial score (nSPS) is 18.0. The first kappa shape index (κ1) is 17.2. The molecule has 1 aromatic heterocycles. The van der Waals surface area contributed by atoms with Crippen LogP contribution in [0.3, 0.4) is 0 Å². The molecule has 0 aliphatic heterocycles. The summed E-state index contributed by atoms with van der Waals surface area (Å²) in [6, 6.07) is 9.47. The minimum atomic E-state index is 0.248. The molecule has 1 aromatic carbocycles. The molecule has 0 saturated heterocycles. The van der Waals surface area contributed by atoms with Crippen molar-refractivity contribution < 1.29 is 4.57 Å². The van der Waals surface area contributed by atoms with Crippen molar-refractivity contribution >= 4 is 0 Å². The summed E-state index contributed by atoms with van der Waals surface area (Å²) in [7, 11) is 2.17. The van der Waals surface area contributed by atoms with Gasteiger partial charge in [0.15, 0.2) is 6.20 Å². The molecule has 128 valence electrons. The minimum Gasteiger partial charge on any atom is -0.201 e. The maximum Gasteiger partial charge on any atom is 0.212 e. The molecule has 0 atom stereocenters. The monoisotopic (exact) mass is 322 g/mol. The summed E-state index contributed by atoms with van der Waals surface area (Å²) in [5.41, 5.74) is 9.03. The Morgan fingerprint density at radius 2 is 1.54 bits per heavy atom. The lowest BCUT2D eigenvalue weighted by molar-refractivity contribution is -0.660. The lowest BCUT2D eigenvalue weighted by Crippen LogP contribution is -2.31. The average Bonchev–Trinajstić information content (AvgIpc) is 2.63. The van der Waals surface area contributed by atoms with E-state index in [0.717, 1.165) is 0 Å². The molecule has 0 radical (unpaired) electrons. The van der Waals surface area contributed by atoms with Crippen molar-refractivity contribution in [1.29, 1.82) is 0 Å². The van der Waals surface area contributed by atoms with Crippen molar-refractivity contribution in [3.05, 3.63) is 52.7 Å². The summed E-state index contributed by atoms with van der Waals surface area (Å²) in [5.74, 6) is 0.561. The Kier molecular flexibility index (Phi) is 3.90. The van der Waals surface area contributed by atoms with Crippen molar-refractivity contribution in [2.24, 2.45) is 7.05 Å². The second-order valence-corrected chi connectivity index (χ2v) is 9.27. The Morgan fingerprint density at radius 3 is 2.08 bits per heavy atom. The van der Waals surface area contributed by atoms with E-state index in [4.69, 9.17) is 0 Å². The summed E-state index contributed by atoms with van der Waals surface area (Å²) in [5, 5.41) is 0. The van der Waals surface area contributed by atoms with Gasteiger partial charge in [0.05, 0.1) is 0 Å². The van der Waals surface area contributed by atoms with E-state index in [2.05, 4.69) is 90.5 Å². The largest absolute Gasteiger partial charge is 0.212 e. The molecule has 0 saturated carbocycles. The van der Waals surface area contributed by atoms with Crippen molar-refractivity contribution in [2.45, 2.75) is 71.6 Å². The van der Waals surface area contributed by atoms with Gasteiger partial charge < -0.3 is 0 Å². The zero-order chi connectivity index (χ0) is 17.9. The van der Waals surface area contributed by atoms with Crippen molar-refractivity contribution in [3.8, 4) is 11.3 Å². The summed E-state index contributed by atoms with van der Waals surface area (Å²) in [6.07, 6.45) is 3.50. The fraction of sp³-hybridized carbons (Fsp3) is 0.522. The van der Waals surface area contributed by atoms with Gasteiger partial charge in [0, 0.05) is 17.2 Å². The molecule has 0 N–H and O–H groups in total. The molecule has 0 unspecified atom stereocenters. The molecule has 1 heteroatoms. The van der Waals surface area contributed by atoms with Gasteiger partial charge in [-0.1, -0.05) is 47.6 Å². The number of nitrogens with zero attached hydrogens (tertiary/aromatic N) is 1. The number of aryl methyl sites for hydroxylation is 2. The summed E-state index contributed by atoms with van der Waals surface area (Å²) in [4.78, 5) is 0. The molecule has 3 rings (SSSR count). The van der Waals surface area contributed by atoms with Crippen LogP contribution >= 0.6 is 0 Å². The van der Waals surface area contributed by atoms with Gasteiger partial charge in [-0.3, -0.25) is 0 Å². The number of pyridine rings is 1. The zero-order valence-corrected chi connectivity index (χ0v) is 16.6. The number of rotatable bonds is 2. The third-order valence-electron chi connectivity index (χ3n) is 5.81. The van der Waals surface area contributed by atoms with Crippen LogP contribution in [0.15, 0.2) is 30.5 Å². The number of aromatic nitrogens is 1. The fourth-order valence-electron chi connectivity index (χ4n) is 4.65. The lowest BCUT2D eigenvalue weighted by Gasteiger charge is -2.22. The molecule has 1 nitrogen and oxygen atoms in total. The molecule has 0 amide bonds. The molecule has 1 heterocycles. The van der Waals surface area contributed by atoms with Gasteiger partial charge in [-0.2, -0.15) is 0 Å². The summed E-state index contributed by atoms with van der Waals surface area (Å²) in [6.45, 7) is 16.3. The van der Waals surface area contributed by atoms with E-state index in [1.807, 2.05) is 0 Å². The number of fused-ring (bicyclic) bond motifs is 1. The molecule has 0 fully saturated rings. The first-order valence-electron chi connectivity index (χ1n) is 9.18. The van der Waals surface area contributed by atoms with Crippen LogP contribution in [0, 0.1) is 6.92 Å². The lowest BCUT2D eigenvalue weighted by atomic mass is 9.82. The highest BCUT2D eigenvalue weighted by molar-refractivity contribution is 5.66. The predicted molar refractivity (Wildman–Crippen MR) is 103 cm³/mol. The zero-order valence-electron chi connectivity index (χ0n) is 16.6. The number of benzene rings is 1. The van der Waals surface area contributed by atoms with E-state index in [-0.39, 0.29) is 10.8 Å². The van der Waals surface area contributed by atoms with E-state index < -0.39 is 0 Å². The molecule has 1 aliphatic rings. The Morgan fingerprint density at radius 1 is 0.958 bits per heavy atom. The number of hydrogen-bond acceptors (Lipinski definition) is 0. The van der Waals surface area contributed by atoms with E-state index in [1.54, 1.807) is 0 Å². The fourth-order valence-corrected chi connectivity index (χ4v) is 4.65. The summed E-state index contributed by atoms with van der Waals surface area (Å²) < 4.78 is 2.29. The Balaban J connectivity index is 2.18. The van der Waals surface area contributed by atoms with E-state index in [1.165, 1.54) is 39.9 Å². The van der Waals surface area contributed by atoms with Crippen LogP contribution in [-0.4, -0.2) is 0 Å². The highest BCUT2D eigenvalue weighted by atomic mass is 14.9. The molecule has 1 aliphatic carbocycles. The van der Waals surface area contributed by atoms with Crippen LogP contribution in [0.2, 0.25) is 0 Å². The first-order valence-corrected chi connectivity index (χ1v) is 9.18. The van der Waals surface area contributed by atoms with Gasteiger partial charge in [-0.15, -0.1) is 0 Å². The topological polar surface area (TPSA) is 3.88 Å². The second kappa shape index (κ2) is 5.44. The van der Waals surface area contributed by atoms with E-state index in [9.17, 15) is 0 Å². The minimum absolute atomic E-state index is 0.248. The average molecular weight is 323 g/mol. The Hall–Kier alpha value is -1.63. The first-order chi connectivity index (χ1) is 11.0.